The number of nitrogens with zero attached hydrogens (tertiary/aromatic N) is 1. The summed E-state index contributed by atoms with van der Waals surface area (Å²) in [5.41, 5.74) is 0.225. The molecule has 0 aliphatic rings. The first kappa shape index (κ1) is 34.1. The van der Waals surface area contributed by atoms with Crippen LogP contribution in [0.4, 0.5) is 18.2 Å². The summed E-state index contributed by atoms with van der Waals surface area (Å²) in [6.45, 7) is 9.36. The Morgan fingerprint density at radius 2 is 1.86 bits per heavy atom. The van der Waals surface area contributed by atoms with Gasteiger partial charge in [-0.3, -0.25) is 19.3 Å². The standard InChI is InChI=1S/C24H31F3N2O5S.C2H6/c1-5-9-16(14-29(4)15-21(31)32)22(33)28-23-19(13-18(7-3)35-23)20(30)12-8-11-17(10-6-2)34-24(25,26)27;1-2/h6,8,10-13,16H,5,7,9,14-15H2,1-4H3,(H,28,33)(H,31,32);1-2H3/b10-6-,12-8+,17-11+;. The van der Waals surface area contributed by atoms with Crippen molar-refractivity contribution in [3.8, 4) is 0 Å². The molecule has 1 aromatic heterocycles. The van der Waals surface area contributed by atoms with E-state index in [0.717, 1.165) is 29.2 Å². The lowest BCUT2D eigenvalue weighted by atomic mass is 10.0. The molecule has 7 nitrogen and oxygen atoms in total. The summed E-state index contributed by atoms with van der Waals surface area (Å²) in [5.74, 6) is -2.79. The molecule has 1 rings (SSSR count). The fourth-order valence-corrected chi connectivity index (χ4v) is 4.18. The summed E-state index contributed by atoms with van der Waals surface area (Å²) in [4.78, 5) is 39.1. The molecule has 0 radical (unpaired) electrons. The van der Waals surface area contributed by atoms with Crippen LogP contribution in [0.3, 0.4) is 0 Å². The first-order valence-corrected chi connectivity index (χ1v) is 12.9. The predicted molar refractivity (Wildman–Crippen MR) is 141 cm³/mol. The summed E-state index contributed by atoms with van der Waals surface area (Å²) >= 11 is 1.24. The van der Waals surface area contributed by atoms with E-state index >= 15 is 0 Å². The molecular formula is C26H37F3N2O5S. The van der Waals surface area contributed by atoms with Gasteiger partial charge in [-0.1, -0.05) is 46.3 Å². The molecule has 0 bridgehead atoms. The van der Waals surface area contributed by atoms with Gasteiger partial charge in [0.1, 0.15) is 10.8 Å². The highest BCUT2D eigenvalue weighted by Gasteiger charge is 2.31. The molecular weight excluding hydrogens is 509 g/mol. The Hall–Kier alpha value is -2.92. The van der Waals surface area contributed by atoms with E-state index in [1.54, 1.807) is 18.0 Å². The molecule has 1 heterocycles. The summed E-state index contributed by atoms with van der Waals surface area (Å²) in [7, 11) is 1.61. The molecule has 0 aromatic carbocycles. The van der Waals surface area contributed by atoms with Crippen LogP contribution in [-0.2, 0) is 20.7 Å². The lowest BCUT2D eigenvalue weighted by Crippen LogP contribution is -2.36. The van der Waals surface area contributed by atoms with Crippen molar-refractivity contribution < 1.29 is 37.4 Å². The topological polar surface area (TPSA) is 95.9 Å². The van der Waals surface area contributed by atoms with Crippen LogP contribution >= 0.6 is 11.3 Å². The van der Waals surface area contributed by atoms with E-state index < -0.39 is 29.8 Å². The third kappa shape index (κ3) is 13.8. The number of likely N-dealkylation sites (N-methyl/N-ethyl adjacent to an activating group) is 1. The zero-order chi connectivity index (χ0) is 28.6. The van der Waals surface area contributed by atoms with Gasteiger partial charge < -0.3 is 15.2 Å². The number of carbonyl (C=O) groups excluding carboxylic acids is 2. The van der Waals surface area contributed by atoms with Crippen molar-refractivity contribution in [1.29, 1.82) is 0 Å². The molecule has 0 saturated heterocycles. The number of halogens is 3. The van der Waals surface area contributed by atoms with Crippen LogP contribution in [0.1, 0.15) is 62.7 Å². The van der Waals surface area contributed by atoms with E-state index in [9.17, 15) is 27.6 Å². The van der Waals surface area contributed by atoms with Gasteiger partial charge in [0.25, 0.3) is 0 Å². The normalized spacial score (nSPS) is 13.0. The van der Waals surface area contributed by atoms with Crippen LogP contribution < -0.4 is 5.32 Å². The van der Waals surface area contributed by atoms with E-state index in [1.165, 1.54) is 24.3 Å². The zero-order valence-electron chi connectivity index (χ0n) is 22.1. The third-order valence-corrected chi connectivity index (χ3v) is 5.85. The molecule has 0 aliphatic heterocycles. The Morgan fingerprint density at radius 3 is 2.38 bits per heavy atom. The van der Waals surface area contributed by atoms with Gasteiger partial charge >= 0.3 is 12.3 Å². The number of carbonyl (C=O) groups is 3. The molecule has 0 spiro atoms. The van der Waals surface area contributed by atoms with Crippen molar-refractivity contribution in [2.45, 2.75) is 60.2 Å². The maximum Gasteiger partial charge on any atom is 0.573 e. The van der Waals surface area contributed by atoms with E-state index in [0.29, 0.717) is 24.3 Å². The number of aryl methyl sites for hydroxylation is 1. The molecule has 1 amide bonds. The SMILES string of the molecule is CC.C\C=C/C(=C\C=C\C(=O)c1cc(CC)sc1NC(=O)C(CCC)CN(C)CC(=O)O)OC(F)(F)F. The maximum absolute atomic E-state index is 13.0. The first-order chi connectivity index (χ1) is 17.4. The molecule has 37 heavy (non-hydrogen) atoms. The van der Waals surface area contributed by atoms with Crippen LogP contribution in [0.2, 0.25) is 0 Å². The number of thiophene rings is 1. The predicted octanol–water partition coefficient (Wildman–Crippen LogP) is 6.44. The van der Waals surface area contributed by atoms with Crippen molar-refractivity contribution in [2.75, 3.05) is 25.5 Å². The monoisotopic (exact) mass is 546 g/mol. The number of rotatable bonds is 14. The average Bonchev–Trinajstić information content (AvgIpc) is 3.21. The van der Waals surface area contributed by atoms with Gasteiger partial charge in [0.2, 0.25) is 5.91 Å². The Balaban J connectivity index is 0.00000631. The Morgan fingerprint density at radius 1 is 1.22 bits per heavy atom. The van der Waals surface area contributed by atoms with Crippen molar-refractivity contribution >= 4 is 34.0 Å². The van der Waals surface area contributed by atoms with Crippen LogP contribution in [0.15, 0.2) is 42.2 Å². The fraction of sp³-hybridized carbons (Fsp3) is 0.500. The second kappa shape index (κ2) is 17.5. The number of amides is 1. The third-order valence-electron chi connectivity index (χ3n) is 4.65. The first-order valence-electron chi connectivity index (χ1n) is 12.0. The van der Waals surface area contributed by atoms with E-state index in [1.807, 2.05) is 27.7 Å². The summed E-state index contributed by atoms with van der Waals surface area (Å²) in [5, 5.41) is 12.1. The number of allylic oxidation sites excluding steroid dienone is 5. The number of nitrogens with one attached hydrogen (secondary N) is 1. The molecule has 11 heteroatoms. The fourth-order valence-electron chi connectivity index (χ4n) is 3.17. The van der Waals surface area contributed by atoms with Crippen molar-refractivity contribution in [3.05, 3.63) is 52.6 Å². The number of ether oxygens (including phenoxy) is 1. The number of anilines is 1. The lowest BCUT2D eigenvalue weighted by Gasteiger charge is -2.22. The molecule has 208 valence electrons. The van der Waals surface area contributed by atoms with E-state index in [2.05, 4.69) is 10.1 Å². The second-order valence-electron chi connectivity index (χ2n) is 7.71. The van der Waals surface area contributed by atoms with Gasteiger partial charge in [0, 0.05) is 11.4 Å². The van der Waals surface area contributed by atoms with Crippen molar-refractivity contribution in [1.82, 2.24) is 4.90 Å². The number of carboxylic acid groups (broad SMARTS) is 1. The van der Waals surface area contributed by atoms with Gasteiger partial charge in [-0.2, -0.15) is 0 Å². The minimum Gasteiger partial charge on any atom is -0.480 e. The van der Waals surface area contributed by atoms with Crippen LogP contribution in [-0.4, -0.2) is 54.2 Å². The van der Waals surface area contributed by atoms with Crippen LogP contribution in [0.5, 0.6) is 0 Å². The summed E-state index contributed by atoms with van der Waals surface area (Å²) in [6, 6.07) is 1.64. The van der Waals surface area contributed by atoms with Crippen molar-refractivity contribution in [2.24, 2.45) is 5.92 Å². The number of alkyl halides is 3. The second-order valence-corrected chi connectivity index (χ2v) is 8.85. The van der Waals surface area contributed by atoms with Gasteiger partial charge in [-0.25, -0.2) is 0 Å². The molecule has 2 N–H and O–H groups in total. The van der Waals surface area contributed by atoms with Gasteiger partial charge in [0.05, 0.1) is 18.0 Å². The van der Waals surface area contributed by atoms with E-state index in [4.69, 9.17) is 5.11 Å². The number of aliphatic carboxylic acids is 1. The average molecular weight is 547 g/mol. The van der Waals surface area contributed by atoms with Gasteiger partial charge in [0.15, 0.2) is 5.78 Å². The van der Waals surface area contributed by atoms with Gasteiger partial charge in [-0.05, 0) is 51.1 Å². The van der Waals surface area contributed by atoms with Gasteiger partial charge in [-0.15, -0.1) is 24.5 Å². The number of hydrogen-bond acceptors (Lipinski definition) is 6. The van der Waals surface area contributed by atoms with Crippen LogP contribution in [0, 0.1) is 5.92 Å². The lowest BCUT2D eigenvalue weighted by molar-refractivity contribution is -0.303. The number of carboxylic acids is 1. The highest BCUT2D eigenvalue weighted by Crippen LogP contribution is 2.30. The summed E-state index contributed by atoms with van der Waals surface area (Å²) < 4.78 is 41.4. The Kier molecular flexibility index (Phi) is 16.1. The van der Waals surface area contributed by atoms with Crippen molar-refractivity contribution in [3.63, 3.8) is 0 Å². The maximum atomic E-state index is 13.0. The number of hydrogen-bond donors (Lipinski definition) is 2. The Bertz CT molecular complexity index is 968. The Labute approximate surface area is 220 Å². The molecule has 0 saturated carbocycles. The smallest absolute Gasteiger partial charge is 0.480 e. The quantitative estimate of drug-likeness (QED) is 0.121. The van der Waals surface area contributed by atoms with E-state index in [-0.39, 0.29) is 24.6 Å². The highest BCUT2D eigenvalue weighted by molar-refractivity contribution is 7.16. The number of ketones is 1. The largest absolute Gasteiger partial charge is 0.573 e. The minimum atomic E-state index is -4.86. The van der Waals surface area contributed by atoms with Crippen LogP contribution in [0.25, 0.3) is 0 Å². The zero-order valence-corrected chi connectivity index (χ0v) is 23.0. The highest BCUT2D eigenvalue weighted by atomic mass is 32.1. The molecule has 1 aromatic rings. The molecule has 1 atom stereocenters. The molecule has 0 aliphatic carbocycles. The summed E-state index contributed by atoms with van der Waals surface area (Å²) in [6.07, 6.45) is 2.75. The molecule has 1 unspecified atom stereocenters. The molecule has 0 fully saturated rings. The minimum absolute atomic E-state index is 0.207.